The van der Waals surface area contributed by atoms with Crippen molar-refractivity contribution in [3.05, 3.63) is 36.2 Å². The summed E-state index contributed by atoms with van der Waals surface area (Å²) in [5, 5.41) is 8.46. The third-order valence-corrected chi connectivity index (χ3v) is 1.71. The zero-order valence-electron chi connectivity index (χ0n) is 8.16. The molecule has 14 heavy (non-hydrogen) atoms. The van der Waals surface area contributed by atoms with Crippen LogP contribution in [0.1, 0.15) is 18.2 Å². The number of hydrogen-bond donors (Lipinski definition) is 0. The van der Waals surface area contributed by atoms with Gasteiger partial charge in [-0.05, 0) is 18.6 Å². The fourth-order valence-corrected chi connectivity index (χ4v) is 1.03. The van der Waals surface area contributed by atoms with Crippen molar-refractivity contribution < 1.29 is 4.74 Å². The summed E-state index contributed by atoms with van der Waals surface area (Å²) >= 11 is 0. The Hall–Kier alpha value is -1.82. The van der Waals surface area contributed by atoms with Gasteiger partial charge in [-0.3, -0.25) is 4.98 Å². The number of nitriles is 1. The molecule has 0 bridgehead atoms. The van der Waals surface area contributed by atoms with Gasteiger partial charge in [0.1, 0.15) is 11.5 Å². The molecule has 3 heteroatoms. The number of ether oxygens (including phenoxy) is 1. The molecule has 0 saturated heterocycles. The maximum atomic E-state index is 8.46. The number of hydrogen-bond acceptors (Lipinski definition) is 3. The molecule has 1 aromatic heterocycles. The van der Waals surface area contributed by atoms with E-state index < -0.39 is 0 Å². The molecule has 1 aromatic rings. The Labute approximate surface area is 83.7 Å². The van der Waals surface area contributed by atoms with Crippen molar-refractivity contribution in [3.63, 3.8) is 0 Å². The lowest BCUT2D eigenvalue weighted by Crippen LogP contribution is -1.94. The van der Waals surface area contributed by atoms with Crippen LogP contribution in [0.3, 0.4) is 0 Å². The van der Waals surface area contributed by atoms with Crippen LogP contribution in [0.5, 0.6) is 0 Å². The largest absolute Gasteiger partial charge is 0.492 e. The van der Waals surface area contributed by atoms with Gasteiger partial charge in [-0.2, -0.15) is 5.26 Å². The zero-order chi connectivity index (χ0) is 10.4. The third kappa shape index (κ3) is 2.60. The lowest BCUT2D eigenvalue weighted by Gasteiger charge is -2.05. The van der Waals surface area contributed by atoms with E-state index in [9.17, 15) is 0 Å². The van der Waals surface area contributed by atoms with Gasteiger partial charge in [0.25, 0.3) is 0 Å². The molecule has 0 aromatic carbocycles. The van der Waals surface area contributed by atoms with Gasteiger partial charge in [-0.1, -0.05) is 12.6 Å². The molecular formula is C11H12N2O. The first-order valence-electron chi connectivity index (χ1n) is 4.42. The fourth-order valence-electron chi connectivity index (χ4n) is 1.03. The zero-order valence-corrected chi connectivity index (χ0v) is 8.16. The van der Waals surface area contributed by atoms with E-state index in [1.165, 1.54) is 0 Å². The van der Waals surface area contributed by atoms with E-state index in [1.54, 1.807) is 6.20 Å². The molecule has 0 aliphatic heterocycles. The van der Waals surface area contributed by atoms with E-state index >= 15 is 0 Å². The van der Waals surface area contributed by atoms with Crippen molar-refractivity contribution in [3.8, 4) is 6.07 Å². The SMILES string of the molecule is C=C(OCC)c1ccc(CC#N)cn1. The minimum atomic E-state index is 0.383. The number of pyridine rings is 1. The predicted octanol–water partition coefficient (Wildman–Crippen LogP) is 2.15. The van der Waals surface area contributed by atoms with Crippen molar-refractivity contribution in [1.82, 2.24) is 4.98 Å². The summed E-state index contributed by atoms with van der Waals surface area (Å²) in [6.45, 7) is 6.22. The van der Waals surface area contributed by atoms with Crippen molar-refractivity contribution >= 4 is 5.76 Å². The molecule has 0 spiro atoms. The van der Waals surface area contributed by atoms with Crippen LogP contribution in [-0.4, -0.2) is 11.6 Å². The van der Waals surface area contributed by atoms with Crippen LogP contribution in [-0.2, 0) is 11.2 Å². The van der Waals surface area contributed by atoms with Crippen LogP contribution in [0.4, 0.5) is 0 Å². The molecule has 0 unspecified atom stereocenters. The van der Waals surface area contributed by atoms with Gasteiger partial charge >= 0.3 is 0 Å². The molecule has 0 fully saturated rings. The number of rotatable bonds is 4. The highest BCUT2D eigenvalue weighted by molar-refractivity contribution is 5.53. The standard InChI is InChI=1S/C11H12N2O/c1-3-14-9(2)11-5-4-10(6-7-12)8-13-11/h4-5,8H,2-3,6H2,1H3. The van der Waals surface area contributed by atoms with Crippen LogP contribution < -0.4 is 0 Å². The third-order valence-electron chi connectivity index (χ3n) is 1.71. The maximum Gasteiger partial charge on any atom is 0.137 e. The summed E-state index contributed by atoms with van der Waals surface area (Å²) in [4.78, 5) is 4.14. The summed E-state index contributed by atoms with van der Waals surface area (Å²) in [5.74, 6) is 0.566. The molecule has 0 aliphatic carbocycles. The van der Waals surface area contributed by atoms with Crippen molar-refractivity contribution in [2.75, 3.05) is 6.61 Å². The molecule has 0 aliphatic rings. The monoisotopic (exact) mass is 188 g/mol. The van der Waals surface area contributed by atoms with E-state index in [0.29, 0.717) is 24.5 Å². The van der Waals surface area contributed by atoms with Crippen LogP contribution in [0.25, 0.3) is 5.76 Å². The summed E-state index contributed by atoms with van der Waals surface area (Å²) < 4.78 is 5.21. The van der Waals surface area contributed by atoms with Crippen LogP contribution in [0, 0.1) is 11.3 Å². The second-order valence-electron chi connectivity index (χ2n) is 2.74. The molecule has 0 saturated carbocycles. The Kier molecular flexibility index (Phi) is 3.69. The minimum absolute atomic E-state index is 0.383. The molecular weight excluding hydrogens is 176 g/mol. The molecule has 0 amide bonds. The Bertz CT molecular complexity index is 349. The van der Waals surface area contributed by atoms with Crippen molar-refractivity contribution in [1.29, 1.82) is 5.26 Å². The maximum absolute atomic E-state index is 8.46. The lowest BCUT2D eigenvalue weighted by atomic mass is 10.2. The summed E-state index contributed by atoms with van der Waals surface area (Å²) in [6, 6.07) is 5.73. The average molecular weight is 188 g/mol. The summed E-state index contributed by atoms with van der Waals surface area (Å²) in [7, 11) is 0. The van der Waals surface area contributed by atoms with Gasteiger partial charge < -0.3 is 4.74 Å². The second kappa shape index (κ2) is 5.03. The normalized spacial score (nSPS) is 9.14. The minimum Gasteiger partial charge on any atom is -0.492 e. The molecule has 3 nitrogen and oxygen atoms in total. The Morgan fingerprint density at radius 3 is 2.93 bits per heavy atom. The van der Waals surface area contributed by atoms with Crippen LogP contribution >= 0.6 is 0 Å². The first-order chi connectivity index (χ1) is 6.77. The van der Waals surface area contributed by atoms with Crippen molar-refractivity contribution in [2.24, 2.45) is 0 Å². The van der Waals surface area contributed by atoms with Crippen LogP contribution in [0.2, 0.25) is 0 Å². The van der Waals surface area contributed by atoms with E-state index in [-0.39, 0.29) is 0 Å². The van der Waals surface area contributed by atoms with Gasteiger partial charge in [-0.15, -0.1) is 0 Å². The van der Waals surface area contributed by atoms with Gasteiger partial charge in [0.2, 0.25) is 0 Å². The molecule has 72 valence electrons. The lowest BCUT2D eigenvalue weighted by molar-refractivity contribution is 0.298. The van der Waals surface area contributed by atoms with Crippen LogP contribution in [0.15, 0.2) is 24.9 Å². The van der Waals surface area contributed by atoms with Gasteiger partial charge in [0, 0.05) is 6.20 Å². The van der Waals surface area contributed by atoms with Gasteiger partial charge in [-0.25, -0.2) is 0 Å². The molecule has 0 atom stereocenters. The smallest absolute Gasteiger partial charge is 0.137 e. The topological polar surface area (TPSA) is 45.9 Å². The highest BCUT2D eigenvalue weighted by Gasteiger charge is 2.00. The predicted molar refractivity (Wildman–Crippen MR) is 54.2 cm³/mol. The average Bonchev–Trinajstić information content (AvgIpc) is 2.20. The molecule has 1 heterocycles. The Morgan fingerprint density at radius 1 is 1.64 bits per heavy atom. The second-order valence-corrected chi connectivity index (χ2v) is 2.74. The van der Waals surface area contributed by atoms with Gasteiger partial charge in [0.15, 0.2) is 0 Å². The van der Waals surface area contributed by atoms with E-state index in [4.69, 9.17) is 10.00 Å². The summed E-state index contributed by atoms with van der Waals surface area (Å²) in [6.07, 6.45) is 2.05. The highest BCUT2D eigenvalue weighted by Crippen LogP contribution is 2.11. The van der Waals surface area contributed by atoms with E-state index in [1.807, 2.05) is 19.1 Å². The van der Waals surface area contributed by atoms with E-state index in [0.717, 1.165) is 5.56 Å². The molecule has 0 radical (unpaired) electrons. The number of aromatic nitrogens is 1. The summed E-state index contributed by atoms with van der Waals surface area (Å²) in [5.41, 5.74) is 1.62. The first-order valence-corrected chi connectivity index (χ1v) is 4.42. The molecule has 1 rings (SSSR count). The molecule has 0 N–H and O–H groups in total. The fraction of sp³-hybridized carbons (Fsp3) is 0.273. The first kappa shape index (κ1) is 10.3. The highest BCUT2D eigenvalue weighted by atomic mass is 16.5. The Balaban J connectivity index is 2.73. The quantitative estimate of drug-likeness (QED) is 0.680. The number of nitrogens with zero attached hydrogens (tertiary/aromatic N) is 2. The van der Waals surface area contributed by atoms with E-state index in [2.05, 4.69) is 17.6 Å². The van der Waals surface area contributed by atoms with Gasteiger partial charge in [0.05, 0.1) is 19.1 Å². The Morgan fingerprint density at radius 2 is 2.43 bits per heavy atom. The van der Waals surface area contributed by atoms with Crippen molar-refractivity contribution in [2.45, 2.75) is 13.3 Å².